The van der Waals surface area contributed by atoms with Gasteiger partial charge in [0.15, 0.2) is 11.5 Å². The van der Waals surface area contributed by atoms with Crippen LogP contribution in [0.2, 0.25) is 20.1 Å². The Morgan fingerprint density at radius 1 is 1.09 bits per heavy atom. The van der Waals surface area contributed by atoms with Gasteiger partial charge in [0, 0.05) is 20.0 Å². The Balaban J connectivity index is 2.25. The number of fused-ring (bicyclic) bond motifs is 2. The predicted octanol–water partition coefficient (Wildman–Crippen LogP) is 4.10. The van der Waals surface area contributed by atoms with Crippen LogP contribution in [0.1, 0.15) is 19.8 Å². The molecule has 3 unspecified atom stereocenters. The number of halogens is 4. The molecule has 9 heteroatoms. The number of benzene rings is 1. The molecule has 0 radical (unpaired) electrons. The molecular weight excluding hydrogens is 390 g/mol. The van der Waals surface area contributed by atoms with E-state index >= 15 is 0 Å². The second-order valence-electron chi connectivity index (χ2n) is 5.66. The van der Waals surface area contributed by atoms with E-state index < -0.39 is 17.4 Å². The van der Waals surface area contributed by atoms with E-state index in [1.807, 2.05) is 0 Å². The molecule has 2 aliphatic rings. The Hall–Kier alpha value is -0.430. The van der Waals surface area contributed by atoms with Crippen molar-refractivity contribution in [3.63, 3.8) is 0 Å². The highest BCUT2D eigenvalue weighted by Gasteiger charge is 2.67. The van der Waals surface area contributed by atoms with Crippen molar-refractivity contribution in [2.45, 2.75) is 31.3 Å². The normalized spacial score (nSPS) is 32.7. The van der Waals surface area contributed by atoms with Crippen LogP contribution in [0.15, 0.2) is 0 Å². The molecule has 23 heavy (non-hydrogen) atoms. The molecule has 1 aliphatic heterocycles. The molecule has 3 rings (SSSR count). The Morgan fingerprint density at radius 2 is 1.61 bits per heavy atom. The molecule has 0 amide bonds. The lowest BCUT2D eigenvalue weighted by Gasteiger charge is -2.50. The van der Waals surface area contributed by atoms with E-state index in [0.29, 0.717) is 0 Å². The fraction of sp³-hybridized carbons (Fsp3) is 0.500. The number of aliphatic hydroxyl groups is 1. The molecule has 0 bridgehead atoms. The molecule has 1 aromatic rings. The summed E-state index contributed by atoms with van der Waals surface area (Å²) in [5, 5.41) is 10.7. The summed E-state index contributed by atoms with van der Waals surface area (Å²) in [6.45, 7) is 1.80. The van der Waals surface area contributed by atoms with Crippen LogP contribution in [-0.4, -0.2) is 29.6 Å². The van der Waals surface area contributed by atoms with Gasteiger partial charge in [-0.1, -0.05) is 53.3 Å². The zero-order valence-electron chi connectivity index (χ0n) is 12.1. The van der Waals surface area contributed by atoms with E-state index in [-0.39, 0.29) is 50.3 Å². The molecule has 3 atom stereocenters. The van der Waals surface area contributed by atoms with Gasteiger partial charge >= 0.3 is 5.79 Å². The summed E-state index contributed by atoms with van der Waals surface area (Å²) < 4.78 is 16.6. The van der Waals surface area contributed by atoms with Gasteiger partial charge in [-0.15, -0.1) is 0 Å². The van der Waals surface area contributed by atoms with Crippen LogP contribution in [0.5, 0.6) is 11.5 Å². The Bertz CT molecular complexity index is 709. The lowest BCUT2D eigenvalue weighted by Crippen LogP contribution is -2.71. The molecule has 5 nitrogen and oxygen atoms in total. The van der Waals surface area contributed by atoms with E-state index in [9.17, 15) is 9.90 Å². The summed E-state index contributed by atoms with van der Waals surface area (Å²) in [5.74, 6) is -4.89. The van der Waals surface area contributed by atoms with Crippen molar-refractivity contribution >= 4 is 52.2 Å². The molecule has 1 saturated carbocycles. The van der Waals surface area contributed by atoms with Crippen LogP contribution in [0.3, 0.4) is 0 Å². The number of carbonyl (C=O) groups is 1. The van der Waals surface area contributed by atoms with Gasteiger partial charge in [-0.2, -0.15) is 0 Å². The maximum atomic E-state index is 12.5. The SMILES string of the molecule is COC12Oc3c(Cl)c(Cl)c(Cl)c(Cl)c3OC1(O)CC(C)CC2=O. The fourth-order valence-electron chi connectivity index (χ4n) is 2.99. The minimum atomic E-state index is -2.06. The summed E-state index contributed by atoms with van der Waals surface area (Å²) >= 11 is 24.3. The number of ether oxygens (including phenoxy) is 3. The van der Waals surface area contributed by atoms with Crippen molar-refractivity contribution in [2.24, 2.45) is 5.92 Å². The zero-order chi connectivity index (χ0) is 17.2. The molecular formula is C14H12Cl4O5. The van der Waals surface area contributed by atoms with Crippen molar-refractivity contribution in [2.75, 3.05) is 7.11 Å². The highest BCUT2D eigenvalue weighted by Crippen LogP contribution is 2.57. The quantitative estimate of drug-likeness (QED) is 0.566. The highest BCUT2D eigenvalue weighted by molar-refractivity contribution is 6.53. The van der Waals surface area contributed by atoms with Gasteiger partial charge in [0.2, 0.25) is 5.78 Å². The molecule has 1 heterocycles. The summed E-state index contributed by atoms with van der Waals surface area (Å²) in [4.78, 5) is 12.5. The smallest absolute Gasteiger partial charge is 0.337 e. The highest BCUT2D eigenvalue weighted by atomic mass is 35.5. The second kappa shape index (κ2) is 5.55. The van der Waals surface area contributed by atoms with Crippen LogP contribution in [0.4, 0.5) is 0 Å². The lowest BCUT2D eigenvalue weighted by molar-refractivity contribution is -0.345. The molecule has 1 aromatic carbocycles. The molecule has 1 fully saturated rings. The van der Waals surface area contributed by atoms with Crippen LogP contribution in [-0.2, 0) is 9.53 Å². The number of hydrogen-bond donors (Lipinski definition) is 1. The van der Waals surface area contributed by atoms with Gasteiger partial charge in [0.05, 0.1) is 10.0 Å². The molecule has 126 valence electrons. The molecule has 0 saturated heterocycles. The number of ketones is 1. The van der Waals surface area contributed by atoms with E-state index in [1.54, 1.807) is 6.92 Å². The first kappa shape index (κ1) is 17.4. The standard InChI is InChI=1S/C14H12Cl4O5/c1-5-3-6(19)14(21-2)13(20,4-5)22-11-9(17)7(15)8(16)10(18)12(11)23-14/h5,20H,3-4H2,1-2H3. The van der Waals surface area contributed by atoms with Gasteiger partial charge in [0.1, 0.15) is 10.0 Å². The number of methoxy groups -OCH3 is 1. The van der Waals surface area contributed by atoms with E-state index in [2.05, 4.69) is 0 Å². The van der Waals surface area contributed by atoms with Crippen molar-refractivity contribution in [3.8, 4) is 11.5 Å². The van der Waals surface area contributed by atoms with E-state index in [1.165, 1.54) is 7.11 Å². The Kier molecular flexibility index (Phi) is 4.19. The summed E-state index contributed by atoms with van der Waals surface area (Å²) in [7, 11) is 1.24. The maximum Gasteiger partial charge on any atom is 0.337 e. The first-order chi connectivity index (χ1) is 10.7. The summed E-state index contributed by atoms with van der Waals surface area (Å²) in [6, 6.07) is 0. The largest absolute Gasteiger partial charge is 0.449 e. The van der Waals surface area contributed by atoms with Crippen molar-refractivity contribution in [3.05, 3.63) is 20.1 Å². The van der Waals surface area contributed by atoms with Gasteiger partial charge in [-0.3, -0.25) is 4.79 Å². The average molecular weight is 402 g/mol. The predicted molar refractivity (Wildman–Crippen MR) is 85.8 cm³/mol. The Morgan fingerprint density at radius 3 is 2.13 bits per heavy atom. The Labute approximate surface area is 152 Å². The molecule has 1 N–H and O–H groups in total. The zero-order valence-corrected chi connectivity index (χ0v) is 15.1. The van der Waals surface area contributed by atoms with Crippen LogP contribution < -0.4 is 9.47 Å². The van der Waals surface area contributed by atoms with Crippen molar-refractivity contribution in [1.29, 1.82) is 0 Å². The first-order valence-electron chi connectivity index (χ1n) is 6.71. The van der Waals surface area contributed by atoms with Crippen LogP contribution in [0, 0.1) is 5.92 Å². The van der Waals surface area contributed by atoms with Gasteiger partial charge < -0.3 is 19.3 Å². The van der Waals surface area contributed by atoms with Crippen molar-refractivity contribution < 1.29 is 24.1 Å². The maximum absolute atomic E-state index is 12.5. The molecule has 0 aromatic heterocycles. The van der Waals surface area contributed by atoms with Crippen molar-refractivity contribution in [1.82, 2.24) is 0 Å². The second-order valence-corrected chi connectivity index (χ2v) is 7.17. The van der Waals surface area contributed by atoms with Crippen LogP contribution >= 0.6 is 46.4 Å². The molecule has 1 aliphatic carbocycles. The number of hydrogen-bond acceptors (Lipinski definition) is 5. The summed E-state index contributed by atoms with van der Waals surface area (Å²) in [6.07, 6.45) is 0.252. The monoisotopic (exact) mass is 400 g/mol. The van der Waals surface area contributed by atoms with Crippen LogP contribution in [0.25, 0.3) is 0 Å². The third-order valence-corrected chi connectivity index (χ3v) is 5.79. The third-order valence-electron chi connectivity index (χ3n) is 4.03. The topological polar surface area (TPSA) is 65.0 Å². The minimum absolute atomic E-state index is 0.0376. The van der Waals surface area contributed by atoms with Gasteiger partial charge in [0.25, 0.3) is 5.79 Å². The fourth-order valence-corrected chi connectivity index (χ4v) is 3.89. The van der Waals surface area contributed by atoms with Gasteiger partial charge in [-0.25, -0.2) is 0 Å². The third kappa shape index (κ3) is 2.25. The minimum Gasteiger partial charge on any atom is -0.449 e. The lowest BCUT2D eigenvalue weighted by atomic mass is 9.79. The molecule has 0 spiro atoms. The van der Waals surface area contributed by atoms with E-state index in [4.69, 9.17) is 60.6 Å². The average Bonchev–Trinajstić information content (AvgIpc) is 2.49. The number of Topliss-reactive ketones (excluding diaryl/α,β-unsaturated/α-hetero) is 1. The summed E-state index contributed by atoms with van der Waals surface area (Å²) in [5.41, 5.74) is 0. The number of carbonyl (C=O) groups excluding carboxylic acids is 1. The number of rotatable bonds is 1. The van der Waals surface area contributed by atoms with E-state index in [0.717, 1.165) is 0 Å². The van der Waals surface area contributed by atoms with Gasteiger partial charge in [-0.05, 0) is 5.92 Å². The first-order valence-corrected chi connectivity index (χ1v) is 8.23.